The summed E-state index contributed by atoms with van der Waals surface area (Å²) in [7, 11) is 1.57. The highest BCUT2D eigenvalue weighted by molar-refractivity contribution is 5.95. The van der Waals surface area contributed by atoms with E-state index >= 15 is 0 Å². The minimum atomic E-state index is -0.524. The molecule has 0 aliphatic rings. The monoisotopic (exact) mass is 371 g/mol. The number of nitro groups is 1. The third-order valence-electron chi connectivity index (χ3n) is 3.66. The number of carbonyl (C=O) groups is 1. The van der Waals surface area contributed by atoms with Crippen LogP contribution < -0.4 is 14.9 Å². The van der Waals surface area contributed by atoms with Gasteiger partial charge in [-0.1, -0.05) is 13.3 Å². The standard InChI is InChI=1S/C19H21N3O5/c1-3-4-11-27-18-12-14(5-10-17(18)26-2)13-20-21-19(23)15-6-8-16(9-7-15)22(24)25/h5-10,12-13H,3-4,11H2,1-2H3,(H,21,23)/b20-13-. The molecule has 2 aromatic carbocycles. The number of non-ortho nitro benzene ring substituents is 1. The highest BCUT2D eigenvalue weighted by Crippen LogP contribution is 2.27. The van der Waals surface area contributed by atoms with Crippen molar-refractivity contribution < 1.29 is 19.2 Å². The predicted octanol–water partition coefficient (Wildman–Crippen LogP) is 3.55. The fraction of sp³-hybridized carbons (Fsp3) is 0.263. The number of hydrogen-bond donors (Lipinski definition) is 1. The zero-order chi connectivity index (χ0) is 19.6. The number of methoxy groups -OCH3 is 1. The smallest absolute Gasteiger partial charge is 0.271 e. The van der Waals surface area contributed by atoms with Crippen molar-refractivity contribution in [1.29, 1.82) is 0 Å². The molecule has 0 atom stereocenters. The number of carbonyl (C=O) groups excluding carboxylic acids is 1. The second kappa shape index (κ2) is 9.91. The van der Waals surface area contributed by atoms with Crippen LogP contribution in [-0.4, -0.2) is 30.8 Å². The molecule has 8 heteroatoms. The average molecular weight is 371 g/mol. The zero-order valence-electron chi connectivity index (χ0n) is 15.2. The summed E-state index contributed by atoms with van der Waals surface area (Å²) in [6.07, 6.45) is 3.44. The van der Waals surface area contributed by atoms with E-state index in [9.17, 15) is 14.9 Å². The van der Waals surface area contributed by atoms with Gasteiger partial charge in [-0.05, 0) is 42.3 Å². The van der Waals surface area contributed by atoms with E-state index < -0.39 is 10.8 Å². The van der Waals surface area contributed by atoms with Crippen LogP contribution >= 0.6 is 0 Å². The molecule has 0 heterocycles. The molecule has 0 unspecified atom stereocenters. The summed E-state index contributed by atoms with van der Waals surface area (Å²) < 4.78 is 11.0. The molecule has 142 valence electrons. The number of benzene rings is 2. The van der Waals surface area contributed by atoms with E-state index in [1.807, 2.05) is 0 Å². The molecule has 0 radical (unpaired) electrons. The highest BCUT2D eigenvalue weighted by atomic mass is 16.6. The molecule has 2 aromatic rings. The Kier molecular flexibility index (Phi) is 7.30. The molecule has 0 aliphatic heterocycles. The lowest BCUT2D eigenvalue weighted by Crippen LogP contribution is -2.17. The van der Waals surface area contributed by atoms with Crippen LogP contribution in [-0.2, 0) is 0 Å². The first kappa shape index (κ1) is 19.9. The first-order chi connectivity index (χ1) is 13.0. The Morgan fingerprint density at radius 2 is 1.96 bits per heavy atom. The third kappa shape index (κ3) is 5.81. The van der Waals surface area contributed by atoms with Crippen LogP contribution in [0.5, 0.6) is 11.5 Å². The minimum Gasteiger partial charge on any atom is -0.493 e. The maximum absolute atomic E-state index is 12.0. The lowest BCUT2D eigenvalue weighted by molar-refractivity contribution is -0.384. The van der Waals surface area contributed by atoms with Crippen LogP contribution in [0.4, 0.5) is 5.69 Å². The van der Waals surface area contributed by atoms with Gasteiger partial charge in [0.15, 0.2) is 11.5 Å². The average Bonchev–Trinajstić information content (AvgIpc) is 2.68. The Morgan fingerprint density at radius 1 is 1.22 bits per heavy atom. The van der Waals surface area contributed by atoms with E-state index in [4.69, 9.17) is 9.47 Å². The molecule has 1 N–H and O–H groups in total. The van der Waals surface area contributed by atoms with Gasteiger partial charge < -0.3 is 9.47 Å². The molecule has 0 aromatic heterocycles. The molecule has 27 heavy (non-hydrogen) atoms. The summed E-state index contributed by atoms with van der Waals surface area (Å²) in [4.78, 5) is 22.1. The number of hydrogen-bond acceptors (Lipinski definition) is 6. The summed E-state index contributed by atoms with van der Waals surface area (Å²) in [6.45, 7) is 2.67. The Hall–Kier alpha value is -3.42. The molecule has 0 fully saturated rings. The van der Waals surface area contributed by atoms with Gasteiger partial charge in [-0.15, -0.1) is 0 Å². The number of amides is 1. The Morgan fingerprint density at radius 3 is 2.59 bits per heavy atom. The van der Waals surface area contributed by atoms with Crippen molar-refractivity contribution in [1.82, 2.24) is 5.43 Å². The summed E-state index contributed by atoms with van der Waals surface area (Å²) in [6, 6.07) is 10.6. The van der Waals surface area contributed by atoms with E-state index in [-0.39, 0.29) is 11.3 Å². The lowest BCUT2D eigenvalue weighted by Gasteiger charge is -2.10. The quantitative estimate of drug-likeness (QED) is 0.314. The summed E-state index contributed by atoms with van der Waals surface area (Å²) >= 11 is 0. The van der Waals surface area contributed by atoms with E-state index in [1.165, 1.54) is 30.5 Å². The largest absolute Gasteiger partial charge is 0.493 e. The molecule has 2 rings (SSSR count). The lowest BCUT2D eigenvalue weighted by atomic mass is 10.2. The summed E-state index contributed by atoms with van der Waals surface area (Å²) in [5, 5.41) is 14.5. The van der Waals surface area contributed by atoms with E-state index in [2.05, 4.69) is 17.5 Å². The van der Waals surface area contributed by atoms with Crippen LogP contribution in [0.25, 0.3) is 0 Å². The van der Waals surface area contributed by atoms with Gasteiger partial charge in [0.25, 0.3) is 11.6 Å². The second-order valence-electron chi connectivity index (χ2n) is 5.62. The fourth-order valence-electron chi connectivity index (χ4n) is 2.18. The zero-order valence-corrected chi connectivity index (χ0v) is 15.2. The number of nitrogens with zero attached hydrogens (tertiary/aromatic N) is 2. The van der Waals surface area contributed by atoms with Gasteiger partial charge in [-0.3, -0.25) is 14.9 Å². The van der Waals surface area contributed by atoms with E-state index in [1.54, 1.807) is 25.3 Å². The Labute approximate surface area is 157 Å². The third-order valence-corrected chi connectivity index (χ3v) is 3.66. The van der Waals surface area contributed by atoms with Crippen LogP contribution in [0, 0.1) is 10.1 Å². The summed E-state index contributed by atoms with van der Waals surface area (Å²) in [5.41, 5.74) is 3.31. The molecule has 0 bridgehead atoms. The van der Waals surface area contributed by atoms with Gasteiger partial charge in [0.05, 0.1) is 24.9 Å². The molecule has 0 saturated heterocycles. The van der Waals surface area contributed by atoms with Crippen molar-refractivity contribution >= 4 is 17.8 Å². The molecular weight excluding hydrogens is 350 g/mol. The number of hydrazone groups is 1. The number of unbranched alkanes of at least 4 members (excludes halogenated alkanes) is 1. The van der Waals surface area contributed by atoms with Gasteiger partial charge >= 0.3 is 0 Å². The number of nitrogens with one attached hydrogen (secondary N) is 1. The molecule has 1 amide bonds. The second-order valence-corrected chi connectivity index (χ2v) is 5.62. The van der Waals surface area contributed by atoms with Gasteiger partial charge in [-0.2, -0.15) is 5.10 Å². The SMILES string of the molecule is CCCCOc1cc(/C=N\NC(=O)c2ccc([N+](=O)[O-])cc2)ccc1OC. The molecule has 8 nitrogen and oxygen atoms in total. The number of ether oxygens (including phenoxy) is 2. The highest BCUT2D eigenvalue weighted by Gasteiger charge is 2.09. The predicted molar refractivity (Wildman–Crippen MR) is 102 cm³/mol. The Bertz CT molecular complexity index is 819. The Balaban J connectivity index is 2.01. The minimum absolute atomic E-state index is 0.0797. The van der Waals surface area contributed by atoms with Crippen molar-refractivity contribution in [2.45, 2.75) is 19.8 Å². The molecule has 0 spiro atoms. The van der Waals surface area contributed by atoms with Crippen LogP contribution in [0.2, 0.25) is 0 Å². The van der Waals surface area contributed by atoms with Crippen molar-refractivity contribution in [2.24, 2.45) is 5.10 Å². The van der Waals surface area contributed by atoms with Gasteiger partial charge in [0, 0.05) is 17.7 Å². The van der Waals surface area contributed by atoms with Crippen LogP contribution in [0.15, 0.2) is 47.6 Å². The van der Waals surface area contributed by atoms with Crippen molar-refractivity contribution in [3.63, 3.8) is 0 Å². The maximum atomic E-state index is 12.0. The summed E-state index contributed by atoms with van der Waals surface area (Å²) in [5.74, 6) is 0.767. The first-order valence-corrected chi connectivity index (χ1v) is 8.44. The maximum Gasteiger partial charge on any atom is 0.271 e. The van der Waals surface area contributed by atoms with Crippen molar-refractivity contribution in [2.75, 3.05) is 13.7 Å². The van der Waals surface area contributed by atoms with Gasteiger partial charge in [-0.25, -0.2) is 5.43 Å². The van der Waals surface area contributed by atoms with Crippen LogP contribution in [0.3, 0.4) is 0 Å². The number of rotatable bonds is 9. The molecule has 0 aliphatic carbocycles. The van der Waals surface area contributed by atoms with Crippen molar-refractivity contribution in [3.05, 3.63) is 63.7 Å². The molecular formula is C19H21N3O5. The van der Waals surface area contributed by atoms with Gasteiger partial charge in [0.2, 0.25) is 0 Å². The van der Waals surface area contributed by atoms with Crippen molar-refractivity contribution in [3.8, 4) is 11.5 Å². The fourth-order valence-corrected chi connectivity index (χ4v) is 2.18. The molecule has 0 saturated carbocycles. The normalized spacial score (nSPS) is 10.6. The van der Waals surface area contributed by atoms with Crippen LogP contribution in [0.1, 0.15) is 35.7 Å². The van der Waals surface area contributed by atoms with E-state index in [0.717, 1.165) is 18.4 Å². The number of nitro benzene ring substituents is 1. The van der Waals surface area contributed by atoms with E-state index in [0.29, 0.717) is 18.1 Å². The van der Waals surface area contributed by atoms with Gasteiger partial charge in [0.1, 0.15) is 0 Å². The topological polar surface area (TPSA) is 103 Å². The first-order valence-electron chi connectivity index (χ1n) is 8.44.